The molecule has 0 rings (SSSR count). The number of aliphatic imine (C=N–C) groups is 1. The number of nitrogens with two attached hydrogens (primary N) is 2. The molecule has 0 radical (unpaired) electrons. The molecule has 4 N–H and O–H groups in total. The van der Waals surface area contributed by atoms with Crippen molar-refractivity contribution in [2.75, 3.05) is 6.61 Å². The lowest BCUT2D eigenvalue weighted by Gasteiger charge is -2.13. The summed E-state index contributed by atoms with van der Waals surface area (Å²) in [4.78, 5) is 3.90. The maximum atomic E-state index is 5.56. The first-order chi connectivity index (χ1) is 4.95. The molecular formula is C7H17N3O. The second-order valence-electron chi connectivity index (χ2n) is 2.95. The van der Waals surface area contributed by atoms with E-state index >= 15 is 0 Å². The van der Waals surface area contributed by atoms with Crippen LogP contribution in [0.5, 0.6) is 0 Å². The van der Waals surface area contributed by atoms with Gasteiger partial charge in [-0.2, -0.15) is 0 Å². The zero-order valence-electron chi connectivity index (χ0n) is 7.42. The Morgan fingerprint density at radius 1 is 1.55 bits per heavy atom. The van der Waals surface area contributed by atoms with Gasteiger partial charge in [0.05, 0.1) is 6.61 Å². The molecule has 0 aromatic carbocycles. The van der Waals surface area contributed by atoms with Gasteiger partial charge in [-0.25, -0.2) is 4.99 Å². The zero-order valence-corrected chi connectivity index (χ0v) is 7.42. The molecule has 0 unspecified atom stereocenters. The summed E-state index contributed by atoms with van der Waals surface area (Å²) < 4.78 is 5.01. The van der Waals surface area contributed by atoms with Crippen LogP contribution in [0, 0.1) is 0 Å². The van der Waals surface area contributed by atoms with Crippen molar-refractivity contribution in [3.8, 4) is 0 Å². The molecular weight excluding hydrogens is 142 g/mol. The van der Waals surface area contributed by atoms with E-state index in [0.717, 1.165) is 6.42 Å². The molecule has 4 heteroatoms. The third-order valence-electron chi connectivity index (χ3n) is 0.852. The Morgan fingerprint density at radius 2 is 2.09 bits per heavy atom. The van der Waals surface area contributed by atoms with E-state index in [2.05, 4.69) is 4.99 Å². The molecule has 0 aromatic heterocycles. The Kier molecular flexibility index (Phi) is 3.89. The summed E-state index contributed by atoms with van der Waals surface area (Å²) in [6.07, 6.45) is 0.918. The average molecular weight is 159 g/mol. The molecule has 0 aliphatic rings. The van der Waals surface area contributed by atoms with E-state index in [4.69, 9.17) is 16.2 Å². The van der Waals surface area contributed by atoms with Gasteiger partial charge in [-0.15, -0.1) is 0 Å². The maximum Gasteiger partial charge on any atom is 0.283 e. The predicted molar refractivity (Wildman–Crippen MR) is 46.1 cm³/mol. The van der Waals surface area contributed by atoms with Crippen molar-refractivity contribution in [1.82, 2.24) is 0 Å². The van der Waals surface area contributed by atoms with Crippen LogP contribution in [-0.2, 0) is 4.74 Å². The standard InChI is InChI=1S/C7H17N3O/c1-4-5-11-6(8)10-7(2,3)9/h4-5,9H2,1-3H3,(H2,8,10). The zero-order chi connectivity index (χ0) is 8.91. The molecule has 0 saturated heterocycles. The van der Waals surface area contributed by atoms with E-state index in [9.17, 15) is 0 Å². The maximum absolute atomic E-state index is 5.56. The van der Waals surface area contributed by atoms with Crippen molar-refractivity contribution < 1.29 is 4.74 Å². The van der Waals surface area contributed by atoms with Gasteiger partial charge in [0, 0.05) is 0 Å². The number of ether oxygens (including phenoxy) is 1. The van der Waals surface area contributed by atoms with Gasteiger partial charge in [0.2, 0.25) is 0 Å². The number of hydrogen-bond donors (Lipinski definition) is 2. The molecule has 0 aromatic rings. The second-order valence-corrected chi connectivity index (χ2v) is 2.95. The quantitative estimate of drug-likeness (QED) is 0.463. The van der Waals surface area contributed by atoms with E-state index in [1.54, 1.807) is 13.8 Å². The van der Waals surface area contributed by atoms with Gasteiger partial charge in [-0.3, -0.25) is 0 Å². The molecule has 0 amide bonds. The highest BCUT2D eigenvalue weighted by molar-refractivity contribution is 5.71. The third kappa shape index (κ3) is 7.12. The van der Waals surface area contributed by atoms with Crippen molar-refractivity contribution in [3.05, 3.63) is 0 Å². The summed E-state index contributed by atoms with van der Waals surface area (Å²) in [5.41, 5.74) is 10.3. The second kappa shape index (κ2) is 4.18. The van der Waals surface area contributed by atoms with E-state index in [0.29, 0.717) is 6.61 Å². The van der Waals surface area contributed by atoms with Gasteiger partial charge < -0.3 is 16.2 Å². The summed E-state index contributed by atoms with van der Waals surface area (Å²) in [5, 5.41) is 0. The fraction of sp³-hybridized carbons (Fsp3) is 0.857. The highest BCUT2D eigenvalue weighted by Crippen LogP contribution is 1.97. The van der Waals surface area contributed by atoms with Crippen molar-refractivity contribution in [3.63, 3.8) is 0 Å². The van der Waals surface area contributed by atoms with Gasteiger partial charge in [-0.05, 0) is 20.3 Å². The van der Waals surface area contributed by atoms with Crippen LogP contribution in [0.2, 0.25) is 0 Å². The highest BCUT2D eigenvalue weighted by Gasteiger charge is 2.08. The lowest BCUT2D eigenvalue weighted by atomic mass is 10.3. The van der Waals surface area contributed by atoms with Gasteiger partial charge in [0.15, 0.2) is 0 Å². The fourth-order valence-electron chi connectivity index (χ4n) is 0.523. The number of nitrogens with zero attached hydrogens (tertiary/aromatic N) is 1. The minimum atomic E-state index is -0.641. The van der Waals surface area contributed by atoms with Crippen LogP contribution in [0.15, 0.2) is 4.99 Å². The summed E-state index contributed by atoms with van der Waals surface area (Å²) >= 11 is 0. The Labute approximate surface area is 67.6 Å². The first-order valence-corrected chi connectivity index (χ1v) is 3.72. The van der Waals surface area contributed by atoms with Gasteiger partial charge >= 0.3 is 0 Å². The smallest absolute Gasteiger partial charge is 0.283 e. The van der Waals surface area contributed by atoms with E-state index in [-0.39, 0.29) is 6.02 Å². The molecule has 0 aliphatic carbocycles. The van der Waals surface area contributed by atoms with Crippen LogP contribution >= 0.6 is 0 Å². The van der Waals surface area contributed by atoms with Crippen molar-refractivity contribution in [2.45, 2.75) is 32.9 Å². The Morgan fingerprint density at radius 3 is 2.45 bits per heavy atom. The first-order valence-electron chi connectivity index (χ1n) is 3.72. The minimum Gasteiger partial charge on any atom is -0.465 e. The molecule has 0 heterocycles. The number of rotatable bonds is 3. The van der Waals surface area contributed by atoms with Gasteiger partial charge in [0.25, 0.3) is 6.02 Å². The van der Waals surface area contributed by atoms with E-state index in [1.807, 2.05) is 6.92 Å². The average Bonchev–Trinajstić information content (AvgIpc) is 1.79. The van der Waals surface area contributed by atoms with Crippen LogP contribution in [0.25, 0.3) is 0 Å². The van der Waals surface area contributed by atoms with Crippen LogP contribution in [0.4, 0.5) is 0 Å². The molecule has 0 spiro atoms. The monoisotopic (exact) mass is 159 g/mol. The third-order valence-corrected chi connectivity index (χ3v) is 0.852. The molecule has 11 heavy (non-hydrogen) atoms. The summed E-state index contributed by atoms with van der Waals surface area (Å²) in [7, 11) is 0. The summed E-state index contributed by atoms with van der Waals surface area (Å²) in [6.45, 7) is 6.11. The molecule has 0 bridgehead atoms. The molecule has 0 atom stereocenters. The van der Waals surface area contributed by atoms with Crippen molar-refractivity contribution >= 4 is 6.02 Å². The van der Waals surface area contributed by atoms with E-state index < -0.39 is 5.66 Å². The number of amidine groups is 1. The Bertz CT molecular complexity index is 137. The molecule has 4 nitrogen and oxygen atoms in total. The minimum absolute atomic E-state index is 0.166. The SMILES string of the molecule is CCCOC(N)=NC(C)(C)N. The van der Waals surface area contributed by atoms with Crippen LogP contribution in [0.3, 0.4) is 0 Å². The van der Waals surface area contributed by atoms with E-state index in [1.165, 1.54) is 0 Å². The van der Waals surface area contributed by atoms with Crippen LogP contribution in [-0.4, -0.2) is 18.3 Å². The Hall–Kier alpha value is -0.770. The number of hydrogen-bond acceptors (Lipinski definition) is 3. The Balaban J connectivity index is 3.81. The van der Waals surface area contributed by atoms with Gasteiger partial charge in [-0.1, -0.05) is 6.92 Å². The predicted octanol–water partition coefficient (Wildman–Crippen LogP) is 0.423. The topological polar surface area (TPSA) is 73.6 Å². The van der Waals surface area contributed by atoms with Crippen LogP contribution in [0.1, 0.15) is 27.2 Å². The first kappa shape index (κ1) is 10.2. The lowest BCUT2D eigenvalue weighted by molar-refractivity contribution is 0.293. The molecule has 66 valence electrons. The molecule has 0 aliphatic heterocycles. The normalized spacial score (nSPS) is 13.3. The van der Waals surface area contributed by atoms with Crippen molar-refractivity contribution in [2.24, 2.45) is 16.5 Å². The fourth-order valence-corrected chi connectivity index (χ4v) is 0.523. The van der Waals surface area contributed by atoms with Crippen LogP contribution < -0.4 is 11.5 Å². The summed E-state index contributed by atoms with van der Waals surface area (Å²) in [6, 6.07) is 0.166. The van der Waals surface area contributed by atoms with Crippen molar-refractivity contribution in [1.29, 1.82) is 0 Å². The lowest BCUT2D eigenvalue weighted by Crippen LogP contribution is -2.33. The summed E-state index contributed by atoms with van der Waals surface area (Å²) in [5.74, 6) is 0. The molecule has 0 fully saturated rings. The largest absolute Gasteiger partial charge is 0.465 e. The van der Waals surface area contributed by atoms with Gasteiger partial charge in [0.1, 0.15) is 5.66 Å². The highest BCUT2D eigenvalue weighted by atomic mass is 16.5. The molecule has 0 saturated carbocycles.